The molecule has 0 amide bonds. The van der Waals surface area contributed by atoms with Crippen molar-refractivity contribution in [3.05, 3.63) is 35.2 Å². The van der Waals surface area contributed by atoms with Gasteiger partial charge in [0.25, 0.3) is 0 Å². The van der Waals surface area contributed by atoms with Crippen molar-refractivity contribution >= 4 is 17.3 Å². The number of thiazole rings is 1. The van der Waals surface area contributed by atoms with Crippen LogP contribution in [-0.4, -0.2) is 21.2 Å². The highest BCUT2D eigenvalue weighted by atomic mass is 32.1. The number of carbonyl (C=O) groups is 1. The van der Waals surface area contributed by atoms with Gasteiger partial charge in [0, 0.05) is 5.56 Å². The van der Waals surface area contributed by atoms with Crippen LogP contribution in [0.1, 0.15) is 4.88 Å². The maximum absolute atomic E-state index is 10.5. The number of aromatic nitrogens is 1. The Balaban J connectivity index is 2.34. The van der Waals surface area contributed by atoms with Crippen molar-refractivity contribution in [2.45, 2.75) is 6.42 Å². The van der Waals surface area contributed by atoms with Crippen molar-refractivity contribution in [1.82, 2.24) is 4.98 Å². The van der Waals surface area contributed by atoms with Crippen molar-refractivity contribution in [3.63, 3.8) is 0 Å². The number of carboxylic acids is 1. The zero-order valence-corrected chi connectivity index (χ0v) is 9.07. The molecule has 1 heterocycles. The molecule has 0 spiro atoms. The number of hydrogen-bond acceptors (Lipinski definition) is 4. The summed E-state index contributed by atoms with van der Waals surface area (Å²) in [5.41, 5.74) is 0.874. The zero-order chi connectivity index (χ0) is 11.5. The fraction of sp³-hybridized carbons (Fsp3) is 0.0909. The summed E-state index contributed by atoms with van der Waals surface area (Å²) in [4.78, 5) is 14.9. The minimum absolute atomic E-state index is 0.189. The fourth-order valence-corrected chi connectivity index (χ4v) is 2.25. The van der Waals surface area contributed by atoms with Crippen molar-refractivity contribution < 1.29 is 15.0 Å². The third-order valence-electron chi connectivity index (χ3n) is 2.01. The van der Waals surface area contributed by atoms with Gasteiger partial charge in [-0.25, -0.2) is 4.98 Å². The zero-order valence-electron chi connectivity index (χ0n) is 8.25. The van der Waals surface area contributed by atoms with Gasteiger partial charge in [0.2, 0.25) is 5.88 Å². The number of aliphatic carboxylic acids is 1. The third-order valence-corrected chi connectivity index (χ3v) is 3.10. The Morgan fingerprint density at radius 3 is 2.62 bits per heavy atom. The molecular formula is C11H9NO3S. The Hall–Kier alpha value is -1.88. The summed E-state index contributed by atoms with van der Waals surface area (Å²) < 4.78 is 0. The Bertz CT molecular complexity index is 507. The fourth-order valence-electron chi connectivity index (χ4n) is 1.30. The molecule has 0 fully saturated rings. The Morgan fingerprint density at radius 2 is 2.00 bits per heavy atom. The van der Waals surface area contributed by atoms with Gasteiger partial charge in [0.05, 0.1) is 11.3 Å². The number of aromatic hydroxyl groups is 1. The van der Waals surface area contributed by atoms with E-state index in [1.165, 1.54) is 11.3 Å². The van der Waals surface area contributed by atoms with Crippen LogP contribution in [0.5, 0.6) is 5.88 Å². The highest BCUT2D eigenvalue weighted by Gasteiger charge is 2.13. The van der Waals surface area contributed by atoms with Crippen molar-refractivity contribution in [1.29, 1.82) is 0 Å². The van der Waals surface area contributed by atoms with Crippen LogP contribution in [0.25, 0.3) is 10.6 Å². The van der Waals surface area contributed by atoms with Crippen molar-refractivity contribution in [2.75, 3.05) is 0 Å². The quantitative estimate of drug-likeness (QED) is 0.855. The monoisotopic (exact) mass is 235 g/mol. The number of hydrogen-bond donors (Lipinski definition) is 2. The molecule has 2 N–H and O–H groups in total. The molecule has 1 aromatic carbocycles. The lowest BCUT2D eigenvalue weighted by Crippen LogP contribution is -1.97. The molecule has 0 saturated heterocycles. The number of benzene rings is 1. The first kappa shape index (κ1) is 10.6. The average Bonchev–Trinajstić information content (AvgIpc) is 2.61. The van der Waals surface area contributed by atoms with E-state index in [1.54, 1.807) is 0 Å². The Labute approximate surface area is 95.8 Å². The van der Waals surface area contributed by atoms with Gasteiger partial charge in [0.1, 0.15) is 5.01 Å². The summed E-state index contributed by atoms with van der Waals surface area (Å²) in [5.74, 6) is -1.16. The van der Waals surface area contributed by atoms with Crippen molar-refractivity contribution in [2.24, 2.45) is 0 Å². The SMILES string of the molecule is O=C(O)Cc1sc(-c2ccccc2)nc1O. The Kier molecular flexibility index (Phi) is 2.87. The van der Waals surface area contributed by atoms with Gasteiger partial charge in [-0.15, -0.1) is 11.3 Å². The van der Waals surface area contributed by atoms with Crippen LogP contribution in [0.3, 0.4) is 0 Å². The summed E-state index contributed by atoms with van der Waals surface area (Å²) in [7, 11) is 0. The summed E-state index contributed by atoms with van der Waals surface area (Å²) in [6.45, 7) is 0. The minimum atomic E-state index is -0.974. The number of rotatable bonds is 3. The number of carboxylic acid groups (broad SMARTS) is 1. The van der Waals surface area contributed by atoms with Gasteiger partial charge in [-0.2, -0.15) is 0 Å². The van der Waals surface area contributed by atoms with Crippen LogP contribution in [0.2, 0.25) is 0 Å². The van der Waals surface area contributed by atoms with E-state index < -0.39 is 5.97 Å². The van der Waals surface area contributed by atoms with Gasteiger partial charge >= 0.3 is 5.97 Å². The minimum Gasteiger partial charge on any atom is -0.492 e. The third kappa shape index (κ3) is 2.20. The first-order chi connectivity index (χ1) is 7.66. The van der Waals surface area contributed by atoms with E-state index in [1.807, 2.05) is 30.3 Å². The maximum atomic E-state index is 10.5. The van der Waals surface area contributed by atoms with Crippen LogP contribution in [0.15, 0.2) is 30.3 Å². The summed E-state index contributed by atoms with van der Waals surface area (Å²) in [6, 6.07) is 9.34. The summed E-state index contributed by atoms with van der Waals surface area (Å²) in [5, 5.41) is 18.8. The molecule has 0 saturated carbocycles. The molecule has 0 radical (unpaired) electrons. The summed E-state index contributed by atoms with van der Waals surface area (Å²) >= 11 is 1.20. The molecule has 0 bridgehead atoms. The molecule has 0 aliphatic rings. The van der Waals surface area contributed by atoms with Gasteiger partial charge in [-0.05, 0) is 0 Å². The topological polar surface area (TPSA) is 70.4 Å². The standard InChI is InChI=1S/C11H9NO3S/c13-9(14)6-8-10(15)12-11(16-8)7-4-2-1-3-5-7/h1-5,15H,6H2,(H,13,14). The molecule has 0 atom stereocenters. The molecule has 5 heteroatoms. The lowest BCUT2D eigenvalue weighted by atomic mass is 10.2. The second-order valence-electron chi connectivity index (χ2n) is 3.20. The molecule has 0 unspecified atom stereocenters. The predicted octanol–water partition coefficient (Wildman–Crippen LogP) is 2.14. The van der Waals surface area contributed by atoms with Crippen molar-refractivity contribution in [3.8, 4) is 16.5 Å². The van der Waals surface area contributed by atoms with Crippen LogP contribution in [-0.2, 0) is 11.2 Å². The smallest absolute Gasteiger partial charge is 0.308 e. The summed E-state index contributed by atoms with van der Waals surface area (Å²) in [6.07, 6.45) is -0.198. The van der Waals surface area contributed by atoms with E-state index in [9.17, 15) is 9.90 Å². The van der Waals surface area contributed by atoms with E-state index in [0.717, 1.165) is 5.56 Å². The molecule has 1 aromatic heterocycles. The van der Waals surface area contributed by atoms with Gasteiger partial charge < -0.3 is 10.2 Å². The molecular weight excluding hydrogens is 226 g/mol. The van der Waals surface area contributed by atoms with E-state index in [0.29, 0.717) is 9.88 Å². The lowest BCUT2D eigenvalue weighted by Gasteiger charge is -1.92. The van der Waals surface area contributed by atoms with Crippen LogP contribution < -0.4 is 0 Å². The van der Waals surface area contributed by atoms with E-state index in [4.69, 9.17) is 5.11 Å². The van der Waals surface area contributed by atoms with Gasteiger partial charge in [-0.1, -0.05) is 30.3 Å². The van der Waals surface area contributed by atoms with E-state index in [-0.39, 0.29) is 12.3 Å². The molecule has 0 aliphatic carbocycles. The Morgan fingerprint density at radius 1 is 1.31 bits per heavy atom. The molecule has 4 nitrogen and oxygen atoms in total. The number of nitrogens with zero attached hydrogens (tertiary/aromatic N) is 1. The molecule has 2 rings (SSSR count). The normalized spacial score (nSPS) is 10.2. The first-order valence-electron chi connectivity index (χ1n) is 4.62. The second-order valence-corrected chi connectivity index (χ2v) is 4.29. The highest BCUT2D eigenvalue weighted by molar-refractivity contribution is 7.15. The maximum Gasteiger partial charge on any atom is 0.308 e. The van der Waals surface area contributed by atoms with Crippen LogP contribution in [0, 0.1) is 0 Å². The van der Waals surface area contributed by atoms with E-state index in [2.05, 4.69) is 4.98 Å². The van der Waals surface area contributed by atoms with Crippen LogP contribution in [0.4, 0.5) is 0 Å². The molecule has 16 heavy (non-hydrogen) atoms. The predicted molar refractivity (Wildman–Crippen MR) is 60.6 cm³/mol. The molecule has 0 aliphatic heterocycles. The highest BCUT2D eigenvalue weighted by Crippen LogP contribution is 2.31. The first-order valence-corrected chi connectivity index (χ1v) is 5.44. The second kappa shape index (κ2) is 4.32. The van der Waals surface area contributed by atoms with Crippen LogP contribution >= 0.6 is 11.3 Å². The molecule has 82 valence electrons. The molecule has 2 aromatic rings. The average molecular weight is 235 g/mol. The lowest BCUT2D eigenvalue weighted by molar-refractivity contribution is -0.136. The van der Waals surface area contributed by atoms with Gasteiger partial charge in [-0.3, -0.25) is 4.79 Å². The van der Waals surface area contributed by atoms with Gasteiger partial charge in [0.15, 0.2) is 0 Å². The largest absolute Gasteiger partial charge is 0.492 e. The van der Waals surface area contributed by atoms with E-state index >= 15 is 0 Å².